The molecule has 1 aromatic carbocycles. The maximum atomic E-state index is 12.7. The third-order valence-corrected chi connectivity index (χ3v) is 6.09. The van der Waals surface area contributed by atoms with Crippen LogP contribution in [0.3, 0.4) is 0 Å². The number of carbonyl (C=O) groups excluding carboxylic acids is 2. The normalized spacial score (nSPS) is 28.7. The largest absolute Gasteiger partial charge is 0.493 e. The number of fused-ring (bicyclic) bond motifs is 5. The number of hydrazone groups is 1. The van der Waals surface area contributed by atoms with E-state index in [4.69, 9.17) is 9.47 Å². The monoisotopic (exact) mass is 432 g/mol. The van der Waals surface area contributed by atoms with Gasteiger partial charge in [0.1, 0.15) is 0 Å². The molecule has 0 N–H and O–H groups in total. The van der Waals surface area contributed by atoms with E-state index in [0.29, 0.717) is 17.1 Å². The van der Waals surface area contributed by atoms with E-state index in [9.17, 15) is 9.59 Å². The Morgan fingerprint density at radius 1 is 1.15 bits per heavy atom. The van der Waals surface area contributed by atoms with E-state index in [1.807, 2.05) is 13.8 Å². The molecule has 1 aromatic rings. The quantitative estimate of drug-likeness (QED) is 0.406. The molecule has 2 bridgehead atoms. The molecule has 0 unspecified atom stereocenters. The second-order valence-electron chi connectivity index (χ2n) is 7.42. The number of allylic oxidation sites excluding steroid dienone is 2. The van der Waals surface area contributed by atoms with Crippen LogP contribution in [0.15, 0.2) is 33.9 Å². The van der Waals surface area contributed by atoms with Gasteiger partial charge < -0.3 is 9.47 Å². The molecule has 1 aliphatic heterocycles. The molecule has 0 radical (unpaired) electrons. The van der Waals surface area contributed by atoms with Crippen molar-refractivity contribution in [1.29, 1.82) is 0 Å². The van der Waals surface area contributed by atoms with Crippen LogP contribution in [-0.2, 0) is 9.59 Å². The molecule has 4 rings (SSSR count). The summed E-state index contributed by atoms with van der Waals surface area (Å²) < 4.78 is 11.9. The Morgan fingerprint density at radius 3 is 2.33 bits per heavy atom. The van der Waals surface area contributed by atoms with E-state index >= 15 is 0 Å². The van der Waals surface area contributed by atoms with Gasteiger partial charge in [0.25, 0.3) is 11.8 Å². The SMILES string of the molecule is COc1cc(C=NN2C(=O)[C@@H]3[C@H](C2=O)[C@H]2C=C[C@H]3C2)c(Br)cc1OC(C)C. The number of hydrogen-bond acceptors (Lipinski definition) is 5. The average Bonchev–Trinajstić information content (AvgIpc) is 3.29. The number of nitrogens with zero attached hydrogens (tertiary/aromatic N) is 2. The second-order valence-corrected chi connectivity index (χ2v) is 8.28. The summed E-state index contributed by atoms with van der Waals surface area (Å²) in [6, 6.07) is 3.56. The summed E-state index contributed by atoms with van der Waals surface area (Å²) in [7, 11) is 1.56. The predicted octanol–water partition coefficient (Wildman–Crippen LogP) is 3.39. The van der Waals surface area contributed by atoms with Gasteiger partial charge in [-0.1, -0.05) is 12.2 Å². The van der Waals surface area contributed by atoms with Gasteiger partial charge in [0.2, 0.25) is 0 Å². The van der Waals surface area contributed by atoms with E-state index in [1.165, 1.54) is 6.21 Å². The maximum Gasteiger partial charge on any atom is 0.254 e. The molecule has 2 amide bonds. The molecule has 3 aliphatic rings. The lowest BCUT2D eigenvalue weighted by Gasteiger charge is -2.15. The molecule has 7 heteroatoms. The highest BCUT2D eigenvalue weighted by molar-refractivity contribution is 9.10. The Bertz CT molecular complexity index is 834. The molecule has 2 fully saturated rings. The highest BCUT2D eigenvalue weighted by atomic mass is 79.9. The van der Waals surface area contributed by atoms with E-state index in [1.54, 1.807) is 19.2 Å². The molecular weight excluding hydrogens is 412 g/mol. The van der Waals surface area contributed by atoms with Crippen molar-refractivity contribution in [3.63, 3.8) is 0 Å². The van der Waals surface area contributed by atoms with Crippen molar-refractivity contribution < 1.29 is 19.1 Å². The molecule has 0 spiro atoms. The van der Waals surface area contributed by atoms with E-state index in [2.05, 4.69) is 33.2 Å². The summed E-state index contributed by atoms with van der Waals surface area (Å²) in [5.74, 6) is 0.649. The van der Waals surface area contributed by atoms with Crippen LogP contribution in [0.1, 0.15) is 25.8 Å². The fourth-order valence-electron chi connectivity index (χ4n) is 4.28. The Hall–Kier alpha value is -2.15. The molecular formula is C20H21BrN2O4. The zero-order valence-corrected chi connectivity index (χ0v) is 17.0. The first-order valence-corrected chi connectivity index (χ1v) is 9.84. The average molecular weight is 433 g/mol. The fourth-order valence-corrected chi connectivity index (χ4v) is 4.70. The van der Waals surface area contributed by atoms with Gasteiger partial charge in [-0.2, -0.15) is 10.1 Å². The minimum Gasteiger partial charge on any atom is -0.493 e. The number of methoxy groups -OCH3 is 1. The molecule has 27 heavy (non-hydrogen) atoms. The van der Waals surface area contributed by atoms with Gasteiger partial charge in [-0.15, -0.1) is 0 Å². The smallest absolute Gasteiger partial charge is 0.254 e. The Kier molecular flexibility index (Phi) is 4.58. The Balaban J connectivity index is 1.58. The maximum absolute atomic E-state index is 12.7. The van der Waals surface area contributed by atoms with Crippen LogP contribution in [0.2, 0.25) is 0 Å². The van der Waals surface area contributed by atoms with Gasteiger partial charge in [0.05, 0.1) is 31.3 Å². The lowest BCUT2D eigenvalue weighted by atomic mass is 9.85. The van der Waals surface area contributed by atoms with Gasteiger partial charge in [0, 0.05) is 10.0 Å². The van der Waals surface area contributed by atoms with Crippen molar-refractivity contribution in [1.82, 2.24) is 5.01 Å². The highest BCUT2D eigenvalue weighted by Gasteiger charge is 2.59. The first-order valence-electron chi connectivity index (χ1n) is 9.05. The second kappa shape index (κ2) is 6.78. The van der Waals surface area contributed by atoms with Crippen LogP contribution in [0, 0.1) is 23.7 Å². The molecule has 4 atom stereocenters. The molecule has 0 aromatic heterocycles. The van der Waals surface area contributed by atoms with Crippen LogP contribution in [0.5, 0.6) is 11.5 Å². The summed E-state index contributed by atoms with van der Waals surface area (Å²) in [6.07, 6.45) is 6.56. The standard InChI is InChI=1S/C20H21BrN2O4/c1-10(2)27-16-8-14(21)13(7-15(16)26-3)9-22-23-19(24)17-11-4-5-12(6-11)18(17)20(23)25/h4-5,7-12,17-18H,6H2,1-3H3/t11-,12-,17-,18+/m0/s1. The molecule has 142 valence electrons. The number of amides is 2. The lowest BCUT2D eigenvalue weighted by molar-refractivity contribution is -0.140. The third-order valence-electron chi connectivity index (χ3n) is 5.40. The topological polar surface area (TPSA) is 68.2 Å². The molecule has 6 nitrogen and oxygen atoms in total. The van der Waals surface area contributed by atoms with Crippen LogP contribution in [0.4, 0.5) is 0 Å². The predicted molar refractivity (Wildman–Crippen MR) is 104 cm³/mol. The van der Waals surface area contributed by atoms with Crippen molar-refractivity contribution in [2.24, 2.45) is 28.8 Å². The summed E-state index contributed by atoms with van der Waals surface area (Å²) in [5, 5.41) is 5.26. The minimum absolute atomic E-state index is 0.00792. The number of ether oxygens (including phenoxy) is 2. The number of benzene rings is 1. The van der Waals surface area contributed by atoms with Crippen molar-refractivity contribution in [2.75, 3.05) is 7.11 Å². The van der Waals surface area contributed by atoms with Gasteiger partial charge in [-0.05, 0) is 60.2 Å². The zero-order chi connectivity index (χ0) is 19.3. The highest BCUT2D eigenvalue weighted by Crippen LogP contribution is 2.52. The summed E-state index contributed by atoms with van der Waals surface area (Å²) in [6.45, 7) is 3.87. The first kappa shape index (κ1) is 18.2. The molecule has 1 saturated heterocycles. The third kappa shape index (κ3) is 2.98. The van der Waals surface area contributed by atoms with E-state index < -0.39 is 0 Å². The summed E-state index contributed by atoms with van der Waals surface area (Å²) >= 11 is 3.49. The number of halogens is 1. The van der Waals surface area contributed by atoms with Gasteiger partial charge in [-0.3, -0.25) is 9.59 Å². The number of imide groups is 1. The fraction of sp³-hybridized carbons (Fsp3) is 0.450. The zero-order valence-electron chi connectivity index (χ0n) is 15.4. The van der Waals surface area contributed by atoms with Gasteiger partial charge in [0.15, 0.2) is 11.5 Å². The number of hydrogen-bond donors (Lipinski definition) is 0. The lowest BCUT2D eigenvalue weighted by Crippen LogP contribution is -2.28. The van der Waals surface area contributed by atoms with Crippen LogP contribution >= 0.6 is 15.9 Å². The first-order chi connectivity index (χ1) is 12.9. The van der Waals surface area contributed by atoms with Crippen LogP contribution in [0.25, 0.3) is 0 Å². The number of carbonyl (C=O) groups is 2. The van der Waals surface area contributed by atoms with Crippen molar-refractivity contribution >= 4 is 34.0 Å². The molecule has 1 saturated carbocycles. The van der Waals surface area contributed by atoms with E-state index in [-0.39, 0.29) is 41.6 Å². The van der Waals surface area contributed by atoms with Crippen molar-refractivity contribution in [3.05, 3.63) is 34.3 Å². The Labute approximate surface area is 166 Å². The summed E-state index contributed by atoms with van der Waals surface area (Å²) in [5.41, 5.74) is 0.696. The Morgan fingerprint density at radius 2 is 1.78 bits per heavy atom. The molecule has 2 aliphatic carbocycles. The minimum atomic E-state index is -0.246. The van der Waals surface area contributed by atoms with Gasteiger partial charge in [-0.25, -0.2) is 0 Å². The van der Waals surface area contributed by atoms with E-state index in [0.717, 1.165) is 15.9 Å². The number of rotatable bonds is 5. The van der Waals surface area contributed by atoms with Crippen LogP contribution in [-0.4, -0.2) is 36.3 Å². The summed E-state index contributed by atoms with van der Waals surface area (Å²) in [4.78, 5) is 25.4. The van der Waals surface area contributed by atoms with Crippen LogP contribution < -0.4 is 9.47 Å². The van der Waals surface area contributed by atoms with Crippen molar-refractivity contribution in [2.45, 2.75) is 26.4 Å². The van der Waals surface area contributed by atoms with Gasteiger partial charge >= 0.3 is 0 Å². The molecule has 1 heterocycles. The van der Waals surface area contributed by atoms with Crippen molar-refractivity contribution in [3.8, 4) is 11.5 Å².